The smallest absolute Gasteiger partial charge is 0.369 e. The van der Waals surface area contributed by atoms with E-state index in [2.05, 4.69) is 5.32 Å². The van der Waals surface area contributed by atoms with Crippen LogP contribution in [0.2, 0.25) is 10.0 Å². The summed E-state index contributed by atoms with van der Waals surface area (Å²) in [6, 6.07) is 1.12. The summed E-state index contributed by atoms with van der Waals surface area (Å²) in [5, 5.41) is 2.12. The van der Waals surface area contributed by atoms with Crippen molar-refractivity contribution in [3.05, 3.63) is 27.7 Å². The van der Waals surface area contributed by atoms with Gasteiger partial charge in [-0.1, -0.05) is 30.1 Å². The molecule has 2 amide bonds. The fraction of sp³-hybridized carbons (Fsp3) is 0.667. The van der Waals surface area contributed by atoms with Crippen molar-refractivity contribution >= 4 is 50.9 Å². The number of rotatable bonds is 5. The largest absolute Gasteiger partial charge is 0.416 e. The maximum absolute atomic E-state index is 13.5. The molecule has 4 saturated carbocycles. The number of alkyl halides is 3. The second-order valence-corrected chi connectivity index (χ2v) is 14.1. The van der Waals surface area contributed by atoms with Crippen LogP contribution in [0.3, 0.4) is 0 Å². The highest BCUT2D eigenvalue weighted by molar-refractivity contribution is 7.90. The number of carbonyl (C=O) groups is 2. The van der Waals surface area contributed by atoms with E-state index in [1.54, 1.807) is 6.92 Å². The SMILES string of the molecule is CC1CN(CC(=O)N[C@@H]2[C@@H]3C[C@@H]4C[C@H]2C[C@@](C(N)=O)(C4)C3)S(=O)(=O)N(c2c(Cl)cc(C(F)(F)F)cc2Cl)C1. The van der Waals surface area contributed by atoms with Gasteiger partial charge >= 0.3 is 16.4 Å². The van der Waals surface area contributed by atoms with Gasteiger partial charge in [0.1, 0.15) is 0 Å². The molecular weight excluding hydrogens is 568 g/mol. The fourth-order valence-corrected chi connectivity index (χ4v) is 9.95. The summed E-state index contributed by atoms with van der Waals surface area (Å²) in [5.74, 6) is -0.402. The summed E-state index contributed by atoms with van der Waals surface area (Å²) in [7, 11) is -4.33. The molecule has 1 heterocycles. The van der Waals surface area contributed by atoms with E-state index < -0.39 is 49.9 Å². The summed E-state index contributed by atoms with van der Waals surface area (Å²) in [6.45, 7) is 1.29. The number of hydrogen-bond donors (Lipinski definition) is 2. The number of nitrogens with one attached hydrogen (secondary N) is 1. The van der Waals surface area contributed by atoms with Crippen molar-refractivity contribution in [3.63, 3.8) is 0 Å². The maximum atomic E-state index is 13.5. The summed E-state index contributed by atoms with van der Waals surface area (Å²) < 4.78 is 68.4. The molecule has 0 spiro atoms. The lowest BCUT2D eigenvalue weighted by Gasteiger charge is -2.58. The van der Waals surface area contributed by atoms with E-state index in [-0.39, 0.29) is 48.5 Å². The zero-order valence-electron chi connectivity index (χ0n) is 20.6. The number of hydrogen-bond acceptors (Lipinski definition) is 4. The first kappa shape index (κ1) is 27.8. The van der Waals surface area contributed by atoms with Crippen LogP contribution in [0.15, 0.2) is 12.1 Å². The Morgan fingerprint density at radius 3 is 2.21 bits per heavy atom. The van der Waals surface area contributed by atoms with Gasteiger partial charge in [0.2, 0.25) is 11.8 Å². The minimum atomic E-state index is -4.71. The highest BCUT2D eigenvalue weighted by Crippen LogP contribution is 2.60. The van der Waals surface area contributed by atoms with Crippen molar-refractivity contribution < 1.29 is 31.2 Å². The Labute approximate surface area is 229 Å². The third-order valence-corrected chi connectivity index (χ3v) is 11.0. The highest BCUT2D eigenvalue weighted by atomic mass is 35.5. The lowest BCUT2D eigenvalue weighted by atomic mass is 9.47. The lowest BCUT2D eigenvalue weighted by Crippen LogP contribution is -2.63. The number of amides is 2. The summed E-state index contributed by atoms with van der Waals surface area (Å²) in [4.78, 5) is 25.3. The van der Waals surface area contributed by atoms with E-state index in [0.29, 0.717) is 30.9 Å². The van der Waals surface area contributed by atoms with Crippen molar-refractivity contribution in [2.45, 2.75) is 51.2 Å². The molecule has 8 nitrogen and oxygen atoms in total. The van der Waals surface area contributed by atoms with E-state index in [0.717, 1.165) is 27.9 Å². The number of benzene rings is 1. The van der Waals surface area contributed by atoms with Crippen molar-refractivity contribution in [1.82, 2.24) is 9.62 Å². The number of primary amides is 1. The van der Waals surface area contributed by atoms with Crippen molar-refractivity contribution in [3.8, 4) is 0 Å². The predicted molar refractivity (Wildman–Crippen MR) is 136 cm³/mol. The van der Waals surface area contributed by atoms with Gasteiger partial charge in [-0.2, -0.15) is 25.9 Å². The number of anilines is 1. The first-order valence-electron chi connectivity index (χ1n) is 12.5. The highest BCUT2D eigenvalue weighted by Gasteiger charge is 2.58. The standard InChI is InChI=1S/C24H29Cl2F3N4O4S/c1-12-9-32(38(36,37)33(10-12)21-17(25)4-16(5-18(21)26)24(27,28)29)11-19(34)31-20-14-2-13-3-15(20)8-23(6-13,7-14)22(30)35/h4-5,12-15,20H,2-3,6-11H2,1H3,(H2,30,35)(H,31,34)/t12?,13-,14-,15+,20-,23-. The molecule has 1 unspecified atom stereocenters. The van der Waals surface area contributed by atoms with Gasteiger partial charge in [-0.15, -0.1) is 0 Å². The van der Waals surface area contributed by atoms with Gasteiger partial charge in [-0.05, 0) is 67.9 Å². The molecule has 3 N–H and O–H groups in total. The third-order valence-electron chi connectivity index (χ3n) is 8.63. The van der Waals surface area contributed by atoms with Gasteiger partial charge in [0.25, 0.3) is 0 Å². The Balaban J connectivity index is 1.33. The van der Waals surface area contributed by atoms with Crippen LogP contribution >= 0.6 is 23.2 Å². The molecule has 5 fully saturated rings. The zero-order chi connectivity index (χ0) is 27.8. The molecule has 38 heavy (non-hydrogen) atoms. The Hall–Kier alpha value is -1.76. The summed E-state index contributed by atoms with van der Waals surface area (Å²) in [5.41, 5.74) is 3.88. The first-order valence-corrected chi connectivity index (χ1v) is 14.7. The number of halogens is 5. The van der Waals surface area contributed by atoms with Crippen molar-refractivity contribution in [2.24, 2.45) is 34.8 Å². The average molecular weight is 597 g/mol. The average Bonchev–Trinajstić information content (AvgIpc) is 2.78. The fourth-order valence-electron chi connectivity index (χ4n) is 7.29. The van der Waals surface area contributed by atoms with E-state index in [1.807, 2.05) is 0 Å². The molecule has 0 aromatic heterocycles. The molecule has 1 aromatic carbocycles. The summed E-state index contributed by atoms with van der Waals surface area (Å²) in [6.07, 6.45) is -0.873. The lowest BCUT2D eigenvalue weighted by molar-refractivity contribution is -0.147. The van der Waals surface area contributed by atoms with Gasteiger partial charge in [0, 0.05) is 24.5 Å². The van der Waals surface area contributed by atoms with Crippen LogP contribution in [0.1, 0.15) is 44.6 Å². The Morgan fingerprint density at radius 2 is 1.68 bits per heavy atom. The molecule has 210 valence electrons. The van der Waals surface area contributed by atoms with Crippen LogP contribution in [0.4, 0.5) is 18.9 Å². The monoisotopic (exact) mass is 596 g/mol. The van der Waals surface area contributed by atoms with Gasteiger partial charge in [-0.25, -0.2) is 0 Å². The van der Waals surface area contributed by atoms with Crippen molar-refractivity contribution in [1.29, 1.82) is 0 Å². The Kier molecular flexibility index (Phi) is 6.89. The molecule has 4 bridgehead atoms. The molecular formula is C24H29Cl2F3N4O4S. The molecule has 6 atom stereocenters. The van der Waals surface area contributed by atoms with Crippen molar-refractivity contribution in [2.75, 3.05) is 23.9 Å². The van der Waals surface area contributed by atoms with Gasteiger partial charge in [0.15, 0.2) is 0 Å². The predicted octanol–water partition coefficient (Wildman–Crippen LogP) is 3.81. The molecule has 14 heteroatoms. The molecule has 4 aliphatic carbocycles. The van der Waals surface area contributed by atoms with Crippen LogP contribution in [0.25, 0.3) is 0 Å². The van der Waals surface area contributed by atoms with Crippen LogP contribution < -0.4 is 15.4 Å². The molecule has 1 saturated heterocycles. The quantitative estimate of drug-likeness (QED) is 0.538. The number of carbonyl (C=O) groups excluding carboxylic acids is 2. The van der Waals surface area contributed by atoms with Gasteiger partial charge in [-0.3, -0.25) is 13.9 Å². The second kappa shape index (κ2) is 9.42. The van der Waals surface area contributed by atoms with Crippen LogP contribution in [-0.4, -0.2) is 50.2 Å². The van der Waals surface area contributed by atoms with E-state index in [9.17, 15) is 31.2 Å². The van der Waals surface area contributed by atoms with E-state index in [1.165, 1.54) is 0 Å². The van der Waals surface area contributed by atoms with E-state index in [4.69, 9.17) is 28.9 Å². The number of nitrogens with zero attached hydrogens (tertiary/aromatic N) is 2. The number of nitrogens with two attached hydrogens (primary N) is 1. The Bertz CT molecular complexity index is 1240. The van der Waals surface area contributed by atoms with Crippen LogP contribution in [0.5, 0.6) is 0 Å². The van der Waals surface area contributed by atoms with Crippen LogP contribution in [-0.2, 0) is 26.0 Å². The minimum absolute atomic E-state index is 0.0481. The molecule has 0 radical (unpaired) electrons. The third kappa shape index (κ3) is 4.75. The molecule has 1 aromatic rings. The Morgan fingerprint density at radius 1 is 1.11 bits per heavy atom. The molecule has 1 aliphatic heterocycles. The van der Waals surface area contributed by atoms with Gasteiger partial charge in [0.05, 0.1) is 27.8 Å². The van der Waals surface area contributed by atoms with E-state index >= 15 is 0 Å². The first-order chi connectivity index (χ1) is 17.6. The molecule has 5 aliphatic rings. The normalized spacial score (nSPS) is 34.4. The van der Waals surface area contributed by atoms with Crippen LogP contribution in [0, 0.1) is 29.1 Å². The minimum Gasteiger partial charge on any atom is -0.369 e. The molecule has 6 rings (SSSR count). The maximum Gasteiger partial charge on any atom is 0.416 e. The topological polar surface area (TPSA) is 113 Å². The second-order valence-electron chi connectivity index (χ2n) is 11.4. The zero-order valence-corrected chi connectivity index (χ0v) is 22.9. The van der Waals surface area contributed by atoms with Gasteiger partial charge < -0.3 is 11.1 Å². The summed E-state index contributed by atoms with van der Waals surface area (Å²) >= 11 is 12.2.